The van der Waals surface area contributed by atoms with Crippen molar-refractivity contribution >= 4 is 33.4 Å². The predicted molar refractivity (Wildman–Crippen MR) is 156 cm³/mol. The Morgan fingerprint density at radius 1 is 1.10 bits per heavy atom. The number of amides is 2. The minimum atomic E-state index is -0.202. The van der Waals surface area contributed by atoms with Crippen LogP contribution in [0.2, 0.25) is 0 Å². The van der Waals surface area contributed by atoms with E-state index in [0.717, 1.165) is 44.5 Å². The summed E-state index contributed by atoms with van der Waals surface area (Å²) in [6.45, 7) is 6.47. The third-order valence-electron chi connectivity index (χ3n) is 10.6. The Labute approximate surface area is 240 Å². The van der Waals surface area contributed by atoms with Crippen LogP contribution in [0.3, 0.4) is 0 Å². The van der Waals surface area contributed by atoms with Gasteiger partial charge in [-0.15, -0.1) is 11.3 Å². The van der Waals surface area contributed by atoms with Crippen LogP contribution in [0.15, 0.2) is 30.5 Å². The molecule has 1 aromatic carbocycles. The molecule has 2 aromatic heterocycles. The molecule has 1 saturated heterocycles. The number of likely N-dealkylation sites (tertiary alicyclic amines) is 1. The molecule has 40 heavy (non-hydrogen) atoms. The predicted octanol–water partition coefficient (Wildman–Crippen LogP) is 5.80. The zero-order valence-corrected chi connectivity index (χ0v) is 24.7. The van der Waals surface area contributed by atoms with Gasteiger partial charge in [-0.3, -0.25) is 19.5 Å². The van der Waals surface area contributed by atoms with E-state index < -0.39 is 0 Å². The van der Waals surface area contributed by atoms with Crippen LogP contribution in [0.1, 0.15) is 54.7 Å². The third kappa shape index (κ3) is 3.87. The molecular weight excluding hydrogens is 516 g/mol. The minimum Gasteiger partial charge on any atom is -0.306 e. The Kier molecular flexibility index (Phi) is 5.79. The molecule has 0 N–H and O–H groups in total. The number of hydrogen-bond acceptors (Lipinski definition) is 6. The quantitative estimate of drug-likeness (QED) is 0.361. The first-order valence-corrected chi connectivity index (χ1v) is 15.3. The summed E-state index contributed by atoms with van der Waals surface area (Å²) < 4.78 is 1.05. The van der Waals surface area contributed by atoms with E-state index in [2.05, 4.69) is 43.0 Å². The summed E-state index contributed by atoms with van der Waals surface area (Å²) in [5.41, 5.74) is 6.09. The van der Waals surface area contributed by atoms with Gasteiger partial charge < -0.3 is 4.90 Å². The van der Waals surface area contributed by atoms with Crippen molar-refractivity contribution in [3.8, 4) is 17.2 Å². The lowest BCUT2D eigenvalue weighted by Gasteiger charge is -2.27. The first kappa shape index (κ1) is 25.9. The summed E-state index contributed by atoms with van der Waals surface area (Å²) in [6.07, 6.45) is 6.76. The van der Waals surface area contributed by atoms with E-state index in [4.69, 9.17) is 0 Å². The van der Waals surface area contributed by atoms with E-state index in [1.54, 1.807) is 11.3 Å². The number of fused-ring (bicyclic) bond motifs is 3. The second kappa shape index (κ2) is 8.96. The lowest BCUT2D eigenvalue weighted by atomic mass is 9.90. The number of imide groups is 1. The van der Waals surface area contributed by atoms with Gasteiger partial charge in [-0.25, -0.2) is 0 Å². The van der Waals surface area contributed by atoms with Gasteiger partial charge in [0.25, 0.3) is 0 Å². The van der Waals surface area contributed by atoms with Crippen LogP contribution in [0.5, 0.6) is 0 Å². The normalized spacial score (nSPS) is 30.0. The number of hydrogen-bond donors (Lipinski definition) is 0. The van der Waals surface area contributed by atoms with E-state index in [-0.39, 0.29) is 29.1 Å². The number of pyridine rings is 1. The molecule has 6 atom stereocenters. The number of aromatic nitrogens is 1. The highest BCUT2D eigenvalue weighted by molar-refractivity contribution is 7.19. The smallest absolute Gasteiger partial charge is 0.234 e. The summed E-state index contributed by atoms with van der Waals surface area (Å²) in [7, 11) is 4.41. The monoisotopic (exact) mass is 552 g/mol. The zero-order valence-electron chi connectivity index (χ0n) is 23.9. The van der Waals surface area contributed by atoms with E-state index in [1.807, 2.05) is 38.2 Å². The molecule has 0 radical (unpaired) electrons. The lowest BCUT2D eigenvalue weighted by molar-refractivity contribution is -0.143. The molecule has 206 valence electrons. The van der Waals surface area contributed by atoms with E-state index in [9.17, 15) is 14.9 Å². The van der Waals surface area contributed by atoms with Crippen molar-refractivity contribution in [3.05, 3.63) is 52.0 Å². The van der Waals surface area contributed by atoms with Crippen molar-refractivity contribution < 1.29 is 9.59 Å². The maximum atomic E-state index is 13.0. The third-order valence-corrected chi connectivity index (χ3v) is 11.8. The van der Waals surface area contributed by atoms with Crippen LogP contribution >= 0.6 is 11.3 Å². The zero-order chi connectivity index (χ0) is 28.1. The Balaban J connectivity index is 1.21. The number of nitrogens with zero attached hydrogens (tertiary/aromatic N) is 4. The van der Waals surface area contributed by atoms with Crippen molar-refractivity contribution in [2.45, 2.75) is 59.0 Å². The van der Waals surface area contributed by atoms with Gasteiger partial charge in [0.05, 0.1) is 40.2 Å². The molecule has 3 saturated carbocycles. The Morgan fingerprint density at radius 2 is 1.85 bits per heavy atom. The van der Waals surface area contributed by atoms with Crippen molar-refractivity contribution in [2.75, 3.05) is 14.1 Å². The second-order valence-corrected chi connectivity index (χ2v) is 14.5. The van der Waals surface area contributed by atoms with Crippen molar-refractivity contribution in [1.29, 1.82) is 5.26 Å². The number of rotatable bonds is 6. The standard InChI is InChI=1S/C33H36N4O2S/c1-17-10-18(15-34)11-24(23(17)14-26-21-7-6-19(36(4)5)12-25(21)26)22-8-9-35-27-13-20(40-30(22)27)16-37-31(38)28-29(32(37)39)33(28,2)3/h8-11,13,19,21,25-26,28-29H,6-7,12,14,16H2,1-5H3. The average Bonchev–Trinajstić information content (AvgIpc) is 3.64. The molecule has 1 aliphatic heterocycles. The molecule has 3 aliphatic carbocycles. The highest BCUT2D eigenvalue weighted by Crippen LogP contribution is 2.63. The summed E-state index contributed by atoms with van der Waals surface area (Å²) in [5.74, 6) is 1.91. The minimum absolute atomic E-state index is 0.0346. The van der Waals surface area contributed by atoms with Crippen LogP contribution in [0, 0.1) is 53.3 Å². The molecule has 6 nitrogen and oxygen atoms in total. The fraction of sp³-hybridized carbons (Fsp3) is 0.515. The number of piperidine rings is 1. The second-order valence-electron chi connectivity index (χ2n) is 13.4. The molecule has 6 unspecified atom stereocenters. The molecule has 2 amide bonds. The molecule has 3 heterocycles. The summed E-state index contributed by atoms with van der Waals surface area (Å²) >= 11 is 1.61. The lowest BCUT2D eigenvalue weighted by Crippen LogP contribution is -2.35. The highest BCUT2D eigenvalue weighted by atomic mass is 32.1. The van der Waals surface area contributed by atoms with Gasteiger partial charge in [0, 0.05) is 22.7 Å². The number of nitriles is 1. The van der Waals surface area contributed by atoms with Crippen LogP contribution in [0.4, 0.5) is 0 Å². The van der Waals surface area contributed by atoms with Crippen molar-refractivity contribution in [1.82, 2.24) is 14.8 Å². The number of thiophene rings is 1. The number of benzene rings is 1. The number of carbonyl (C=O) groups excluding carboxylic acids is 2. The summed E-state index contributed by atoms with van der Waals surface area (Å²) in [4.78, 5) is 35.4. The maximum Gasteiger partial charge on any atom is 0.234 e. The van der Waals surface area contributed by atoms with Crippen LogP contribution in [-0.2, 0) is 22.6 Å². The van der Waals surface area contributed by atoms with E-state index in [1.165, 1.54) is 35.3 Å². The maximum absolute atomic E-state index is 13.0. The fourth-order valence-electron chi connectivity index (χ4n) is 8.11. The van der Waals surface area contributed by atoms with Gasteiger partial charge in [0.1, 0.15) is 0 Å². The van der Waals surface area contributed by atoms with Gasteiger partial charge in [-0.05, 0) is 111 Å². The Morgan fingerprint density at radius 3 is 2.55 bits per heavy atom. The van der Waals surface area contributed by atoms with Crippen molar-refractivity contribution in [2.24, 2.45) is 35.0 Å². The van der Waals surface area contributed by atoms with Gasteiger partial charge in [0.15, 0.2) is 0 Å². The number of aryl methyl sites for hydroxylation is 1. The van der Waals surface area contributed by atoms with E-state index >= 15 is 0 Å². The van der Waals surface area contributed by atoms with Gasteiger partial charge in [0.2, 0.25) is 11.8 Å². The molecule has 4 fully saturated rings. The largest absolute Gasteiger partial charge is 0.306 e. The van der Waals surface area contributed by atoms with Gasteiger partial charge >= 0.3 is 0 Å². The molecular formula is C33H36N4O2S. The molecule has 7 rings (SSSR count). The first-order chi connectivity index (χ1) is 19.1. The molecule has 0 spiro atoms. The van der Waals surface area contributed by atoms with Crippen LogP contribution in [0.25, 0.3) is 21.3 Å². The molecule has 3 aromatic rings. The molecule has 7 heteroatoms. The van der Waals surface area contributed by atoms with E-state index in [0.29, 0.717) is 24.1 Å². The van der Waals surface area contributed by atoms with Crippen LogP contribution in [-0.4, -0.2) is 46.7 Å². The molecule has 4 aliphatic rings. The number of carbonyl (C=O) groups is 2. The average molecular weight is 553 g/mol. The Hall–Kier alpha value is -3.08. The first-order valence-electron chi connectivity index (χ1n) is 14.5. The van der Waals surface area contributed by atoms with Gasteiger partial charge in [-0.1, -0.05) is 13.8 Å². The van der Waals surface area contributed by atoms with Crippen LogP contribution < -0.4 is 0 Å². The highest BCUT2D eigenvalue weighted by Gasteiger charge is 2.72. The summed E-state index contributed by atoms with van der Waals surface area (Å²) in [6, 6.07) is 11.2. The van der Waals surface area contributed by atoms with Gasteiger partial charge in [-0.2, -0.15) is 5.26 Å². The topological polar surface area (TPSA) is 77.3 Å². The Bertz CT molecular complexity index is 1590. The SMILES string of the molecule is Cc1cc(C#N)cc(-c2ccnc3cc(CN4C(=O)C5C(C4=O)C5(C)C)sc23)c1CC1C2CCC(N(C)C)CC21. The molecule has 0 bridgehead atoms. The fourth-order valence-corrected chi connectivity index (χ4v) is 9.24. The summed E-state index contributed by atoms with van der Waals surface area (Å²) in [5, 5.41) is 9.82. The van der Waals surface area contributed by atoms with Crippen molar-refractivity contribution in [3.63, 3.8) is 0 Å².